The molecule has 0 amide bonds. The van der Waals surface area contributed by atoms with Crippen LogP contribution in [0.5, 0.6) is 0 Å². The van der Waals surface area contributed by atoms with Gasteiger partial charge in [0, 0.05) is 25.9 Å². The molecular formula is C11H17ClN2O. The summed E-state index contributed by atoms with van der Waals surface area (Å²) in [5.74, 6) is 1.41. The van der Waals surface area contributed by atoms with Crippen molar-refractivity contribution in [3.05, 3.63) is 23.9 Å². The van der Waals surface area contributed by atoms with Crippen LogP contribution in [0.15, 0.2) is 18.3 Å². The van der Waals surface area contributed by atoms with Crippen LogP contribution in [0.3, 0.4) is 0 Å². The molecule has 0 saturated heterocycles. The zero-order chi connectivity index (χ0) is 11.3. The van der Waals surface area contributed by atoms with Crippen LogP contribution in [-0.2, 0) is 10.6 Å². The van der Waals surface area contributed by atoms with E-state index in [9.17, 15) is 0 Å². The number of rotatable bonds is 5. The van der Waals surface area contributed by atoms with Gasteiger partial charge in [-0.3, -0.25) is 0 Å². The number of halogens is 1. The highest BCUT2D eigenvalue weighted by Crippen LogP contribution is 2.19. The van der Waals surface area contributed by atoms with Crippen LogP contribution < -0.4 is 4.90 Å². The number of ether oxygens (including phenoxy) is 1. The monoisotopic (exact) mass is 228 g/mol. The predicted octanol–water partition coefficient (Wildman–Crippen LogP) is 2.29. The van der Waals surface area contributed by atoms with Crippen LogP contribution in [0.1, 0.15) is 12.5 Å². The van der Waals surface area contributed by atoms with E-state index in [-0.39, 0.29) is 6.04 Å². The zero-order valence-electron chi connectivity index (χ0n) is 9.40. The molecule has 3 nitrogen and oxygen atoms in total. The molecule has 0 aliphatic carbocycles. The van der Waals surface area contributed by atoms with Gasteiger partial charge in [-0.05, 0) is 13.0 Å². The number of methoxy groups -OCH3 is 1. The average molecular weight is 229 g/mol. The third-order valence-corrected chi connectivity index (χ3v) is 2.70. The number of anilines is 1. The minimum Gasteiger partial charge on any atom is -0.383 e. The van der Waals surface area contributed by atoms with Gasteiger partial charge in [-0.1, -0.05) is 6.07 Å². The normalized spacial score (nSPS) is 12.5. The molecular weight excluding hydrogens is 212 g/mol. The minimum absolute atomic E-state index is 0.284. The fraction of sp³-hybridized carbons (Fsp3) is 0.545. The highest BCUT2D eigenvalue weighted by molar-refractivity contribution is 6.17. The van der Waals surface area contributed by atoms with E-state index in [0.717, 1.165) is 11.4 Å². The van der Waals surface area contributed by atoms with E-state index in [1.54, 1.807) is 13.3 Å². The van der Waals surface area contributed by atoms with Crippen LogP contribution in [0.25, 0.3) is 0 Å². The Bertz CT molecular complexity index is 306. The summed E-state index contributed by atoms with van der Waals surface area (Å²) in [6.07, 6.45) is 1.78. The Morgan fingerprint density at radius 2 is 2.33 bits per heavy atom. The van der Waals surface area contributed by atoms with E-state index in [4.69, 9.17) is 16.3 Å². The molecule has 84 valence electrons. The number of likely N-dealkylation sites (N-methyl/N-ethyl adjacent to an activating group) is 1. The lowest BCUT2D eigenvalue weighted by atomic mass is 10.2. The van der Waals surface area contributed by atoms with Crippen molar-refractivity contribution < 1.29 is 4.74 Å². The van der Waals surface area contributed by atoms with E-state index in [2.05, 4.69) is 16.8 Å². The maximum Gasteiger partial charge on any atom is 0.132 e. The maximum atomic E-state index is 5.86. The van der Waals surface area contributed by atoms with Crippen molar-refractivity contribution in [1.82, 2.24) is 4.98 Å². The van der Waals surface area contributed by atoms with Gasteiger partial charge in [0.25, 0.3) is 0 Å². The zero-order valence-corrected chi connectivity index (χ0v) is 10.2. The molecule has 15 heavy (non-hydrogen) atoms. The van der Waals surface area contributed by atoms with Crippen LogP contribution in [0.4, 0.5) is 5.82 Å². The van der Waals surface area contributed by atoms with Gasteiger partial charge in [-0.2, -0.15) is 0 Å². The van der Waals surface area contributed by atoms with Gasteiger partial charge >= 0.3 is 0 Å². The Balaban J connectivity index is 2.84. The van der Waals surface area contributed by atoms with Crippen molar-refractivity contribution in [3.63, 3.8) is 0 Å². The molecule has 1 aromatic heterocycles. The second kappa shape index (κ2) is 5.93. The summed E-state index contributed by atoms with van der Waals surface area (Å²) in [5.41, 5.74) is 1.05. The lowest BCUT2D eigenvalue weighted by molar-refractivity contribution is 0.183. The van der Waals surface area contributed by atoms with Crippen molar-refractivity contribution in [2.75, 3.05) is 25.7 Å². The number of aromatic nitrogens is 1. The lowest BCUT2D eigenvalue weighted by Crippen LogP contribution is -2.33. The van der Waals surface area contributed by atoms with Crippen molar-refractivity contribution >= 4 is 17.4 Å². The first-order chi connectivity index (χ1) is 7.20. The van der Waals surface area contributed by atoms with Gasteiger partial charge in [0.05, 0.1) is 18.5 Å². The molecule has 1 rings (SSSR count). The lowest BCUT2D eigenvalue weighted by Gasteiger charge is -2.26. The van der Waals surface area contributed by atoms with E-state index in [0.29, 0.717) is 12.5 Å². The van der Waals surface area contributed by atoms with Crippen LogP contribution >= 0.6 is 11.6 Å². The smallest absolute Gasteiger partial charge is 0.132 e. The minimum atomic E-state index is 0.284. The summed E-state index contributed by atoms with van der Waals surface area (Å²) in [5, 5.41) is 0. The van der Waals surface area contributed by atoms with Gasteiger partial charge in [0.15, 0.2) is 0 Å². The number of pyridine rings is 1. The first-order valence-electron chi connectivity index (χ1n) is 4.92. The van der Waals surface area contributed by atoms with Crippen LogP contribution in [0.2, 0.25) is 0 Å². The van der Waals surface area contributed by atoms with Crippen LogP contribution in [-0.4, -0.2) is 31.8 Å². The molecule has 0 N–H and O–H groups in total. The largest absolute Gasteiger partial charge is 0.383 e. The molecule has 0 spiro atoms. The van der Waals surface area contributed by atoms with Crippen molar-refractivity contribution in [2.24, 2.45) is 0 Å². The molecule has 1 aromatic rings. The standard InChI is InChI=1S/C11H17ClN2O/c1-9(8-15-3)14(2)11-10(7-12)5-4-6-13-11/h4-6,9H,7-8H2,1-3H3. The third kappa shape index (κ3) is 3.08. The van der Waals surface area contributed by atoms with Gasteiger partial charge in [-0.25, -0.2) is 4.98 Å². The second-order valence-electron chi connectivity index (χ2n) is 3.54. The van der Waals surface area contributed by atoms with Gasteiger partial charge in [0.1, 0.15) is 5.82 Å². The van der Waals surface area contributed by atoms with Crippen molar-refractivity contribution in [1.29, 1.82) is 0 Å². The highest BCUT2D eigenvalue weighted by atomic mass is 35.5. The molecule has 0 bridgehead atoms. The molecule has 0 aliphatic rings. The van der Waals surface area contributed by atoms with Gasteiger partial charge in [0.2, 0.25) is 0 Å². The quantitative estimate of drug-likeness (QED) is 0.724. The van der Waals surface area contributed by atoms with Gasteiger partial charge in [-0.15, -0.1) is 11.6 Å². The number of hydrogen-bond donors (Lipinski definition) is 0. The van der Waals surface area contributed by atoms with Crippen molar-refractivity contribution in [2.45, 2.75) is 18.8 Å². The highest BCUT2D eigenvalue weighted by Gasteiger charge is 2.13. The Morgan fingerprint density at radius 3 is 2.93 bits per heavy atom. The molecule has 0 radical (unpaired) electrons. The summed E-state index contributed by atoms with van der Waals surface area (Å²) >= 11 is 5.86. The fourth-order valence-corrected chi connectivity index (χ4v) is 1.62. The fourth-order valence-electron chi connectivity index (χ4n) is 1.41. The molecule has 0 fully saturated rings. The first kappa shape index (κ1) is 12.3. The topological polar surface area (TPSA) is 25.4 Å². The molecule has 0 aliphatic heterocycles. The Labute approximate surface area is 96.0 Å². The third-order valence-electron chi connectivity index (χ3n) is 2.41. The van der Waals surface area contributed by atoms with E-state index >= 15 is 0 Å². The maximum absolute atomic E-state index is 5.86. The predicted molar refractivity (Wildman–Crippen MR) is 63.5 cm³/mol. The van der Waals surface area contributed by atoms with Gasteiger partial charge < -0.3 is 9.64 Å². The Morgan fingerprint density at radius 1 is 1.60 bits per heavy atom. The second-order valence-corrected chi connectivity index (χ2v) is 3.80. The van der Waals surface area contributed by atoms with E-state index in [1.807, 2.05) is 19.2 Å². The molecule has 0 saturated carbocycles. The molecule has 0 aromatic carbocycles. The average Bonchev–Trinajstić information content (AvgIpc) is 2.28. The molecule has 4 heteroatoms. The summed E-state index contributed by atoms with van der Waals surface area (Å²) in [7, 11) is 3.70. The molecule has 1 heterocycles. The summed E-state index contributed by atoms with van der Waals surface area (Å²) in [6.45, 7) is 2.77. The number of nitrogens with zero attached hydrogens (tertiary/aromatic N) is 2. The summed E-state index contributed by atoms with van der Waals surface area (Å²) < 4.78 is 5.12. The molecule has 1 unspecified atom stereocenters. The van der Waals surface area contributed by atoms with E-state index < -0.39 is 0 Å². The van der Waals surface area contributed by atoms with Crippen LogP contribution in [0, 0.1) is 0 Å². The van der Waals surface area contributed by atoms with E-state index in [1.165, 1.54) is 0 Å². The number of alkyl halides is 1. The van der Waals surface area contributed by atoms with Crippen molar-refractivity contribution in [3.8, 4) is 0 Å². The molecule has 1 atom stereocenters. The Kier molecular flexibility index (Phi) is 4.85. The first-order valence-corrected chi connectivity index (χ1v) is 5.45. The summed E-state index contributed by atoms with van der Waals surface area (Å²) in [4.78, 5) is 6.42. The number of hydrogen-bond acceptors (Lipinski definition) is 3. The SMILES string of the molecule is COCC(C)N(C)c1ncccc1CCl. The Hall–Kier alpha value is -0.800. The summed E-state index contributed by atoms with van der Waals surface area (Å²) in [6, 6.07) is 4.17.